The van der Waals surface area contributed by atoms with Gasteiger partial charge in [0.25, 0.3) is 0 Å². The van der Waals surface area contributed by atoms with Crippen LogP contribution in [-0.2, 0) is 14.4 Å². The first kappa shape index (κ1) is 39.3. The summed E-state index contributed by atoms with van der Waals surface area (Å²) in [5, 5.41) is 56.7. The van der Waals surface area contributed by atoms with Gasteiger partial charge in [-0.15, -0.1) is 17.2 Å². The Kier molecular flexibility index (Phi) is 22.0. The van der Waals surface area contributed by atoms with Crippen molar-refractivity contribution in [3.63, 3.8) is 0 Å². The molecule has 0 spiro atoms. The molecule has 0 bridgehead atoms. The van der Waals surface area contributed by atoms with Gasteiger partial charge in [0.2, 0.25) is 0 Å². The molecule has 0 atom stereocenters. The van der Waals surface area contributed by atoms with Crippen LogP contribution in [0.3, 0.4) is 0 Å². The Hall–Kier alpha value is -4.20. The van der Waals surface area contributed by atoms with Crippen molar-refractivity contribution >= 4 is 36.1 Å². The molecule has 0 saturated heterocycles. The smallest absolute Gasteiger partial charge is 0.872 e. The van der Waals surface area contributed by atoms with E-state index in [0.717, 1.165) is 18.2 Å². The molecule has 12 heteroatoms. The van der Waals surface area contributed by atoms with Crippen LogP contribution in [0.2, 0.25) is 0 Å². The molecule has 0 unspecified atom stereocenters. The van der Waals surface area contributed by atoms with Gasteiger partial charge in [0, 0.05) is 18.2 Å². The van der Waals surface area contributed by atoms with E-state index in [0.29, 0.717) is 16.7 Å². The van der Waals surface area contributed by atoms with E-state index in [-0.39, 0.29) is 63.8 Å². The molecule has 0 aliphatic carbocycles. The van der Waals surface area contributed by atoms with Gasteiger partial charge in [-0.3, -0.25) is 0 Å². The number of carbonyl (C=O) groups is 3. The van der Waals surface area contributed by atoms with Gasteiger partial charge in [-0.05, 0) is 34.9 Å². The van der Waals surface area contributed by atoms with Crippen LogP contribution in [0.25, 0.3) is 18.2 Å². The Morgan fingerprint density at radius 2 is 0.641 bits per heavy atom. The van der Waals surface area contributed by atoms with Crippen molar-refractivity contribution in [3.8, 4) is 17.2 Å². The van der Waals surface area contributed by atoms with Gasteiger partial charge in [-0.1, -0.05) is 72.8 Å². The van der Waals surface area contributed by atoms with E-state index in [9.17, 15) is 29.7 Å². The van der Waals surface area contributed by atoms with E-state index in [1.807, 2.05) is 0 Å². The van der Waals surface area contributed by atoms with Gasteiger partial charge in [-0.2, -0.15) is 0 Å². The minimum absolute atomic E-state index is 0. The van der Waals surface area contributed by atoms with Gasteiger partial charge in [0.1, 0.15) is 0 Å². The first-order valence-corrected chi connectivity index (χ1v) is 10.1. The summed E-state index contributed by atoms with van der Waals surface area (Å²) in [6, 6.07) is 17.8. The number of aliphatic carboxylic acids is 3. The summed E-state index contributed by atoms with van der Waals surface area (Å²) in [5.74, 6) is -3.24. The number of hydrogen-bond donors (Lipinski definition) is 3. The number of hydrogen-bond acceptors (Lipinski definition) is 6. The van der Waals surface area contributed by atoms with E-state index in [4.69, 9.17) is 15.3 Å². The SMILES string of the molecule is O.O.O=C(O)/C=C/c1ccc([O-])cc1.O=C(O)/C=C/c1ccc([O-])cc1.O=C(O)/C=C/c1ccc([O-])cc1.[La+3]. The zero-order valence-corrected chi connectivity index (χ0v) is 23.9. The number of carboxylic acids is 3. The molecule has 202 valence electrons. The fourth-order valence-corrected chi connectivity index (χ4v) is 2.24. The van der Waals surface area contributed by atoms with Crippen LogP contribution in [0.1, 0.15) is 16.7 Å². The van der Waals surface area contributed by atoms with Crippen LogP contribution in [0.5, 0.6) is 17.2 Å². The molecular weight excluding hydrogens is 639 g/mol. The van der Waals surface area contributed by atoms with Gasteiger partial charge in [-0.25, -0.2) is 14.4 Å². The molecule has 0 aliphatic heterocycles. The van der Waals surface area contributed by atoms with Crippen LogP contribution in [0, 0.1) is 35.6 Å². The van der Waals surface area contributed by atoms with E-state index in [1.54, 1.807) is 36.4 Å². The average Bonchev–Trinajstić information content (AvgIpc) is 2.84. The van der Waals surface area contributed by atoms with E-state index in [2.05, 4.69) is 0 Å². The predicted molar refractivity (Wildman–Crippen MR) is 135 cm³/mol. The molecule has 3 aromatic carbocycles. The zero-order valence-electron chi connectivity index (χ0n) is 20.3. The third-order valence-electron chi connectivity index (χ3n) is 3.90. The second-order valence-corrected chi connectivity index (χ2v) is 6.72. The fourth-order valence-electron chi connectivity index (χ4n) is 2.24. The van der Waals surface area contributed by atoms with Crippen LogP contribution in [0.15, 0.2) is 91.0 Å². The molecule has 0 amide bonds. The molecule has 3 rings (SSSR count). The molecule has 3 aromatic rings. The molecule has 0 heterocycles. The van der Waals surface area contributed by atoms with Crippen molar-refractivity contribution in [1.29, 1.82) is 0 Å². The van der Waals surface area contributed by atoms with E-state index >= 15 is 0 Å². The third-order valence-corrected chi connectivity index (χ3v) is 3.90. The molecular formula is C27H25LaO11. The Morgan fingerprint density at radius 3 is 0.795 bits per heavy atom. The molecule has 7 N–H and O–H groups in total. The quantitative estimate of drug-likeness (QED) is 0.317. The number of carboxylic acid groups (broad SMARTS) is 3. The van der Waals surface area contributed by atoms with Gasteiger partial charge < -0.3 is 41.6 Å². The zero-order chi connectivity index (χ0) is 26.9. The summed E-state index contributed by atoms with van der Waals surface area (Å²) in [5.41, 5.74) is 2.12. The van der Waals surface area contributed by atoms with E-state index < -0.39 is 17.9 Å². The van der Waals surface area contributed by atoms with Crippen molar-refractivity contribution in [3.05, 3.63) is 108 Å². The molecule has 0 radical (unpaired) electrons. The van der Waals surface area contributed by atoms with Crippen LogP contribution in [0.4, 0.5) is 0 Å². The summed E-state index contributed by atoms with van der Waals surface area (Å²) >= 11 is 0. The van der Waals surface area contributed by atoms with Crippen molar-refractivity contribution in [2.45, 2.75) is 0 Å². The van der Waals surface area contributed by atoms with Crippen LogP contribution >= 0.6 is 0 Å². The molecule has 0 aliphatic rings. The minimum Gasteiger partial charge on any atom is -0.872 e. The summed E-state index contributed by atoms with van der Waals surface area (Å²) in [7, 11) is 0. The van der Waals surface area contributed by atoms with Crippen LogP contribution in [-0.4, -0.2) is 44.2 Å². The molecule has 0 aromatic heterocycles. The van der Waals surface area contributed by atoms with Gasteiger partial charge in [0.15, 0.2) is 0 Å². The summed E-state index contributed by atoms with van der Waals surface area (Å²) < 4.78 is 0. The molecule has 0 fully saturated rings. The first-order valence-electron chi connectivity index (χ1n) is 10.1. The van der Waals surface area contributed by atoms with Crippen molar-refractivity contribution < 1.29 is 91.6 Å². The van der Waals surface area contributed by atoms with Crippen molar-refractivity contribution in [1.82, 2.24) is 0 Å². The largest absolute Gasteiger partial charge is 3.00 e. The second kappa shape index (κ2) is 21.8. The molecule has 0 saturated carbocycles. The molecule has 11 nitrogen and oxygen atoms in total. The average molecular weight is 664 g/mol. The van der Waals surface area contributed by atoms with Crippen molar-refractivity contribution in [2.75, 3.05) is 0 Å². The normalized spacial score (nSPS) is 9.54. The van der Waals surface area contributed by atoms with Gasteiger partial charge in [0.05, 0.1) is 0 Å². The standard InChI is InChI=1S/3C9H8O3.La.2H2O/c3*10-8-4-1-7(2-5-8)3-6-9(11)12;;;/h3*1-6,10H,(H,11,12);;2*1H2/q;;;+3;;/p-3/b3*6-3+;;;. The summed E-state index contributed by atoms with van der Waals surface area (Å²) in [4.78, 5) is 30.3. The Bertz CT molecular complexity index is 1060. The minimum atomic E-state index is -0.999. The number of benzene rings is 3. The Morgan fingerprint density at radius 1 is 0.462 bits per heavy atom. The van der Waals surface area contributed by atoms with E-state index in [1.165, 1.54) is 54.6 Å². The Balaban J connectivity index is -0.000000480. The maximum atomic E-state index is 10.6. The van der Waals surface area contributed by atoms with Gasteiger partial charge >= 0.3 is 53.5 Å². The summed E-state index contributed by atoms with van der Waals surface area (Å²) in [6.07, 6.45) is 7.38. The second-order valence-electron chi connectivity index (χ2n) is 6.72. The molecule has 39 heavy (non-hydrogen) atoms. The maximum Gasteiger partial charge on any atom is 3.00 e. The predicted octanol–water partition coefficient (Wildman–Crippen LogP) is 0.925. The van der Waals surface area contributed by atoms with Crippen molar-refractivity contribution in [2.24, 2.45) is 0 Å². The monoisotopic (exact) mass is 664 g/mol. The third kappa shape index (κ3) is 20.5. The van der Waals surface area contributed by atoms with Crippen LogP contribution < -0.4 is 15.3 Å². The first-order chi connectivity index (χ1) is 17.0. The Labute approximate surface area is 251 Å². The fraction of sp³-hybridized carbons (Fsp3) is 0. The topological polar surface area (TPSA) is 244 Å². The number of rotatable bonds is 6. The summed E-state index contributed by atoms with van der Waals surface area (Å²) in [6.45, 7) is 0. The maximum absolute atomic E-state index is 10.6.